The number of halogens is 1. The van der Waals surface area contributed by atoms with Gasteiger partial charge < -0.3 is 10.1 Å². The third-order valence-corrected chi connectivity index (χ3v) is 2.81. The fourth-order valence-electron chi connectivity index (χ4n) is 1.83. The molecule has 1 saturated heterocycles. The largest absolute Gasteiger partial charge is 0.382 e. The zero-order chi connectivity index (χ0) is 10.7. The van der Waals surface area contributed by atoms with E-state index in [2.05, 4.69) is 5.32 Å². The molecule has 2 rings (SSSR count). The van der Waals surface area contributed by atoms with Gasteiger partial charge in [0.1, 0.15) is 5.82 Å². The molecule has 3 heteroatoms. The number of ether oxygens (including phenoxy) is 1. The lowest BCUT2D eigenvalue weighted by molar-refractivity contribution is 0.120. The van der Waals surface area contributed by atoms with Crippen LogP contribution in [0.15, 0.2) is 18.2 Å². The molecular formula is C12H16FNO. The first kappa shape index (κ1) is 10.4. The topological polar surface area (TPSA) is 21.3 Å². The van der Waals surface area contributed by atoms with Crippen LogP contribution >= 0.6 is 0 Å². The zero-order valence-corrected chi connectivity index (χ0v) is 8.92. The third kappa shape index (κ3) is 2.48. The fraction of sp³-hybridized carbons (Fsp3) is 0.500. The maximum absolute atomic E-state index is 13.2. The van der Waals surface area contributed by atoms with Crippen LogP contribution in [0.2, 0.25) is 0 Å². The summed E-state index contributed by atoms with van der Waals surface area (Å²) in [6.45, 7) is 3.41. The van der Waals surface area contributed by atoms with Crippen molar-refractivity contribution in [2.24, 2.45) is 0 Å². The van der Waals surface area contributed by atoms with Gasteiger partial charge in [-0.2, -0.15) is 0 Å². The minimum Gasteiger partial charge on any atom is -0.382 e. The number of hydrogen-bond donors (Lipinski definition) is 1. The van der Waals surface area contributed by atoms with Crippen LogP contribution in [-0.4, -0.2) is 19.3 Å². The van der Waals surface area contributed by atoms with E-state index in [4.69, 9.17) is 4.74 Å². The molecule has 1 atom stereocenters. The highest BCUT2D eigenvalue weighted by molar-refractivity contribution is 5.50. The van der Waals surface area contributed by atoms with Gasteiger partial charge in [0.25, 0.3) is 0 Å². The molecule has 1 fully saturated rings. The van der Waals surface area contributed by atoms with Gasteiger partial charge in [-0.15, -0.1) is 0 Å². The van der Waals surface area contributed by atoms with Gasteiger partial charge in [0.15, 0.2) is 0 Å². The van der Waals surface area contributed by atoms with Gasteiger partial charge in [-0.05, 0) is 31.9 Å². The van der Waals surface area contributed by atoms with Crippen LogP contribution in [0.5, 0.6) is 0 Å². The lowest BCUT2D eigenvalue weighted by Gasteiger charge is -2.13. The van der Waals surface area contributed by atoms with Crippen molar-refractivity contribution in [1.29, 1.82) is 0 Å². The number of benzene rings is 1. The van der Waals surface area contributed by atoms with Crippen molar-refractivity contribution in [2.75, 3.05) is 18.5 Å². The van der Waals surface area contributed by atoms with E-state index in [1.807, 2.05) is 6.07 Å². The minimum absolute atomic E-state index is 0.160. The molecule has 0 radical (unpaired) electrons. The molecule has 0 aliphatic carbocycles. The monoisotopic (exact) mass is 209 g/mol. The Morgan fingerprint density at radius 3 is 3.13 bits per heavy atom. The molecule has 1 heterocycles. The maximum atomic E-state index is 13.2. The highest BCUT2D eigenvalue weighted by Crippen LogP contribution is 2.19. The number of rotatable bonds is 3. The van der Waals surface area contributed by atoms with Crippen molar-refractivity contribution in [1.82, 2.24) is 0 Å². The van der Waals surface area contributed by atoms with Gasteiger partial charge in [-0.25, -0.2) is 4.39 Å². The Hall–Kier alpha value is -1.09. The summed E-state index contributed by atoms with van der Waals surface area (Å²) in [7, 11) is 0. The van der Waals surface area contributed by atoms with Crippen LogP contribution in [0.3, 0.4) is 0 Å². The van der Waals surface area contributed by atoms with Crippen LogP contribution in [-0.2, 0) is 4.74 Å². The standard InChI is InChI=1S/C12H16FNO/c1-9-11(13)5-2-6-12(9)14-8-10-4-3-7-15-10/h2,5-6,10,14H,3-4,7-8H2,1H3. The lowest BCUT2D eigenvalue weighted by Crippen LogP contribution is -2.18. The quantitative estimate of drug-likeness (QED) is 0.826. The van der Waals surface area contributed by atoms with E-state index in [-0.39, 0.29) is 11.9 Å². The molecule has 1 aliphatic rings. The Balaban J connectivity index is 1.95. The molecule has 15 heavy (non-hydrogen) atoms. The van der Waals surface area contributed by atoms with E-state index in [1.54, 1.807) is 13.0 Å². The second-order valence-corrected chi connectivity index (χ2v) is 3.93. The van der Waals surface area contributed by atoms with Crippen molar-refractivity contribution < 1.29 is 9.13 Å². The third-order valence-electron chi connectivity index (χ3n) is 2.81. The summed E-state index contributed by atoms with van der Waals surface area (Å²) in [5.41, 5.74) is 1.54. The molecule has 0 amide bonds. The summed E-state index contributed by atoms with van der Waals surface area (Å²) in [4.78, 5) is 0. The van der Waals surface area contributed by atoms with Gasteiger partial charge in [-0.1, -0.05) is 6.07 Å². The number of hydrogen-bond acceptors (Lipinski definition) is 2. The molecule has 82 valence electrons. The Morgan fingerprint density at radius 2 is 2.40 bits per heavy atom. The highest BCUT2D eigenvalue weighted by atomic mass is 19.1. The summed E-state index contributed by atoms with van der Waals surface area (Å²) in [5, 5.41) is 3.23. The van der Waals surface area contributed by atoms with Gasteiger partial charge in [0, 0.05) is 24.4 Å². The zero-order valence-electron chi connectivity index (χ0n) is 8.92. The Morgan fingerprint density at radius 1 is 1.53 bits per heavy atom. The van der Waals surface area contributed by atoms with Crippen molar-refractivity contribution in [3.63, 3.8) is 0 Å². The SMILES string of the molecule is Cc1c(F)cccc1NCC1CCCO1. The Kier molecular flexibility index (Phi) is 3.21. The van der Waals surface area contributed by atoms with Crippen LogP contribution in [0.4, 0.5) is 10.1 Å². The number of anilines is 1. The first-order chi connectivity index (χ1) is 7.27. The van der Waals surface area contributed by atoms with Crippen LogP contribution in [0, 0.1) is 12.7 Å². The molecule has 1 aromatic rings. The molecule has 0 spiro atoms. The lowest BCUT2D eigenvalue weighted by atomic mass is 10.1. The summed E-state index contributed by atoms with van der Waals surface area (Å²) in [6, 6.07) is 5.10. The first-order valence-corrected chi connectivity index (χ1v) is 5.38. The van der Waals surface area contributed by atoms with Gasteiger partial charge in [0.2, 0.25) is 0 Å². The molecular weight excluding hydrogens is 193 g/mol. The van der Waals surface area contributed by atoms with Gasteiger partial charge in [-0.3, -0.25) is 0 Å². The summed E-state index contributed by atoms with van der Waals surface area (Å²) in [6.07, 6.45) is 2.52. The minimum atomic E-state index is -0.160. The Bertz CT molecular complexity index is 334. The molecule has 1 unspecified atom stereocenters. The van der Waals surface area contributed by atoms with Crippen molar-refractivity contribution in [3.8, 4) is 0 Å². The van der Waals surface area contributed by atoms with Crippen LogP contribution in [0.1, 0.15) is 18.4 Å². The first-order valence-electron chi connectivity index (χ1n) is 5.38. The summed E-state index contributed by atoms with van der Waals surface area (Å²) < 4.78 is 18.7. The van der Waals surface area contributed by atoms with Crippen molar-refractivity contribution >= 4 is 5.69 Å². The fourth-order valence-corrected chi connectivity index (χ4v) is 1.83. The highest BCUT2D eigenvalue weighted by Gasteiger charge is 2.15. The van der Waals surface area contributed by atoms with Crippen molar-refractivity contribution in [2.45, 2.75) is 25.9 Å². The van der Waals surface area contributed by atoms with Crippen molar-refractivity contribution in [3.05, 3.63) is 29.6 Å². The predicted molar refractivity (Wildman–Crippen MR) is 58.6 cm³/mol. The molecule has 1 N–H and O–H groups in total. The van der Waals surface area contributed by atoms with E-state index >= 15 is 0 Å². The second-order valence-electron chi connectivity index (χ2n) is 3.93. The smallest absolute Gasteiger partial charge is 0.128 e. The molecule has 2 nitrogen and oxygen atoms in total. The van der Waals surface area contributed by atoms with E-state index < -0.39 is 0 Å². The molecule has 0 bridgehead atoms. The maximum Gasteiger partial charge on any atom is 0.128 e. The summed E-state index contributed by atoms with van der Waals surface area (Å²) >= 11 is 0. The normalized spacial score (nSPS) is 20.5. The average molecular weight is 209 g/mol. The van der Waals surface area contributed by atoms with Gasteiger partial charge >= 0.3 is 0 Å². The van der Waals surface area contributed by atoms with Gasteiger partial charge in [0.05, 0.1) is 6.10 Å². The molecule has 1 aromatic carbocycles. The summed E-state index contributed by atoms with van der Waals surface area (Å²) in [5.74, 6) is -0.160. The van der Waals surface area contributed by atoms with E-state index in [9.17, 15) is 4.39 Å². The van der Waals surface area contributed by atoms with Crippen LogP contribution in [0.25, 0.3) is 0 Å². The van der Waals surface area contributed by atoms with E-state index in [0.717, 1.165) is 31.7 Å². The predicted octanol–water partition coefficient (Wildman–Crippen LogP) is 2.73. The van der Waals surface area contributed by atoms with E-state index in [1.165, 1.54) is 6.07 Å². The van der Waals surface area contributed by atoms with Crippen LogP contribution < -0.4 is 5.32 Å². The average Bonchev–Trinajstić information content (AvgIpc) is 2.73. The number of nitrogens with one attached hydrogen (secondary N) is 1. The molecule has 0 saturated carbocycles. The Labute approximate surface area is 89.4 Å². The molecule has 0 aromatic heterocycles. The molecule has 1 aliphatic heterocycles. The second kappa shape index (κ2) is 4.62. The van der Waals surface area contributed by atoms with E-state index in [0.29, 0.717) is 5.56 Å².